The van der Waals surface area contributed by atoms with E-state index < -0.39 is 0 Å². The van der Waals surface area contributed by atoms with E-state index in [1.165, 1.54) is 11.8 Å². The first-order valence-electron chi connectivity index (χ1n) is 5.40. The second kappa shape index (κ2) is 6.02. The van der Waals surface area contributed by atoms with Crippen molar-refractivity contribution < 1.29 is 9.53 Å². The van der Waals surface area contributed by atoms with E-state index >= 15 is 0 Å². The molecule has 1 saturated heterocycles. The van der Waals surface area contributed by atoms with Crippen molar-refractivity contribution in [3.63, 3.8) is 0 Å². The third kappa shape index (κ3) is 3.34. The summed E-state index contributed by atoms with van der Waals surface area (Å²) in [5.41, 5.74) is 0.959. The van der Waals surface area contributed by atoms with Gasteiger partial charge >= 0.3 is 0 Å². The molecule has 0 aromatic heterocycles. The third-order valence-electron chi connectivity index (χ3n) is 2.26. The van der Waals surface area contributed by atoms with Gasteiger partial charge in [-0.25, -0.2) is 0 Å². The number of benzene rings is 1. The molecule has 3 nitrogen and oxygen atoms in total. The van der Waals surface area contributed by atoms with Crippen molar-refractivity contribution in [3.05, 3.63) is 47.4 Å². The van der Waals surface area contributed by atoms with E-state index in [1.807, 2.05) is 30.3 Å². The Bertz CT molecular complexity index is 482. The maximum atomic E-state index is 11.5. The zero-order valence-electron chi connectivity index (χ0n) is 9.63. The number of ether oxygens (including phenoxy) is 1. The number of hydrogen-bond acceptors (Lipinski definition) is 4. The van der Waals surface area contributed by atoms with Gasteiger partial charge in [0.15, 0.2) is 0 Å². The summed E-state index contributed by atoms with van der Waals surface area (Å²) >= 11 is 5.60. The standard InChI is InChI=1S/C13H13NO2S2/c1-2-7-16-10-5-3-9(4-6-10)8-11-12(15)14-13(17)18-11/h2-6,8,13,17H,1,7H2,(H,14,15)/b11-8-. The Hall–Kier alpha value is -1.33. The predicted molar refractivity (Wildman–Crippen MR) is 78.6 cm³/mol. The Labute approximate surface area is 116 Å². The minimum Gasteiger partial charge on any atom is -0.490 e. The van der Waals surface area contributed by atoms with Crippen LogP contribution in [0.15, 0.2) is 41.8 Å². The largest absolute Gasteiger partial charge is 0.490 e. The van der Waals surface area contributed by atoms with Gasteiger partial charge in [0, 0.05) is 0 Å². The lowest BCUT2D eigenvalue weighted by Gasteiger charge is -2.03. The summed E-state index contributed by atoms with van der Waals surface area (Å²) in [5, 5.41) is 2.71. The predicted octanol–water partition coefficient (Wildman–Crippen LogP) is 2.67. The molecule has 1 heterocycles. The molecule has 1 N–H and O–H groups in total. The van der Waals surface area contributed by atoms with Gasteiger partial charge in [0.1, 0.15) is 17.1 Å². The maximum Gasteiger partial charge on any atom is 0.259 e. The van der Waals surface area contributed by atoms with Crippen LogP contribution < -0.4 is 10.1 Å². The van der Waals surface area contributed by atoms with Gasteiger partial charge in [-0.05, 0) is 23.8 Å². The summed E-state index contributed by atoms with van der Waals surface area (Å²) in [4.78, 5) is 12.2. The second-order valence-electron chi connectivity index (χ2n) is 3.62. The average Bonchev–Trinajstić information content (AvgIpc) is 2.67. The van der Waals surface area contributed by atoms with E-state index in [-0.39, 0.29) is 10.6 Å². The molecule has 0 saturated carbocycles. The minimum atomic E-state index is -0.154. The van der Waals surface area contributed by atoms with Crippen molar-refractivity contribution in [1.82, 2.24) is 5.32 Å². The van der Waals surface area contributed by atoms with Crippen LogP contribution in [0.5, 0.6) is 5.75 Å². The summed E-state index contributed by atoms with van der Waals surface area (Å²) in [7, 11) is 0. The number of thiol groups is 1. The molecular weight excluding hydrogens is 266 g/mol. The first-order chi connectivity index (χ1) is 8.69. The summed E-state index contributed by atoms with van der Waals surface area (Å²) < 4.78 is 5.23. The number of carbonyl (C=O) groups excluding carboxylic acids is 1. The molecule has 1 atom stereocenters. The van der Waals surface area contributed by atoms with Crippen LogP contribution in [0, 0.1) is 0 Å². The van der Waals surface area contributed by atoms with Crippen molar-refractivity contribution in [2.24, 2.45) is 0 Å². The summed E-state index contributed by atoms with van der Waals surface area (Å²) in [6, 6.07) is 7.55. The molecule has 1 aromatic carbocycles. The van der Waals surface area contributed by atoms with Crippen LogP contribution in [0.4, 0.5) is 0 Å². The van der Waals surface area contributed by atoms with Gasteiger partial charge in [0.05, 0.1) is 4.91 Å². The fourth-order valence-corrected chi connectivity index (χ4v) is 2.69. The first kappa shape index (κ1) is 13.1. The quantitative estimate of drug-likeness (QED) is 0.505. The van der Waals surface area contributed by atoms with Crippen molar-refractivity contribution in [2.75, 3.05) is 6.61 Å². The molecule has 0 spiro atoms. The number of amides is 1. The fraction of sp³-hybridized carbons (Fsp3) is 0.154. The lowest BCUT2D eigenvalue weighted by Crippen LogP contribution is -2.19. The van der Waals surface area contributed by atoms with E-state index in [2.05, 4.69) is 24.5 Å². The Balaban J connectivity index is 2.08. The highest BCUT2D eigenvalue weighted by atomic mass is 32.2. The van der Waals surface area contributed by atoms with Crippen LogP contribution >= 0.6 is 24.4 Å². The highest BCUT2D eigenvalue weighted by molar-refractivity contribution is 8.14. The Morgan fingerprint density at radius 1 is 1.44 bits per heavy atom. The van der Waals surface area contributed by atoms with Gasteiger partial charge in [-0.3, -0.25) is 4.79 Å². The number of carbonyl (C=O) groups is 1. The van der Waals surface area contributed by atoms with E-state index in [4.69, 9.17) is 4.74 Å². The monoisotopic (exact) mass is 279 g/mol. The third-order valence-corrected chi connectivity index (χ3v) is 3.61. The van der Waals surface area contributed by atoms with Crippen LogP contribution in [-0.4, -0.2) is 17.2 Å². The molecule has 1 aromatic rings. The topological polar surface area (TPSA) is 38.3 Å². The van der Waals surface area contributed by atoms with E-state index in [1.54, 1.807) is 6.08 Å². The lowest BCUT2D eigenvalue weighted by molar-refractivity contribution is -0.116. The Kier molecular flexibility index (Phi) is 4.38. The first-order valence-corrected chi connectivity index (χ1v) is 6.79. The molecule has 1 fully saturated rings. The van der Waals surface area contributed by atoms with Crippen molar-refractivity contribution in [3.8, 4) is 5.75 Å². The number of nitrogens with one attached hydrogen (secondary N) is 1. The molecule has 18 heavy (non-hydrogen) atoms. The molecule has 0 aliphatic carbocycles. The van der Waals surface area contributed by atoms with Gasteiger partial charge in [-0.2, -0.15) is 0 Å². The van der Waals surface area contributed by atoms with Gasteiger partial charge < -0.3 is 10.1 Å². The van der Waals surface area contributed by atoms with Gasteiger partial charge in [-0.1, -0.05) is 36.5 Å². The van der Waals surface area contributed by atoms with Crippen molar-refractivity contribution in [2.45, 2.75) is 4.71 Å². The van der Waals surface area contributed by atoms with Crippen LogP contribution in [-0.2, 0) is 4.79 Å². The minimum absolute atomic E-state index is 0.0769. The van der Waals surface area contributed by atoms with Crippen LogP contribution in [0.25, 0.3) is 6.08 Å². The normalized spacial score (nSPS) is 20.8. The Morgan fingerprint density at radius 3 is 2.72 bits per heavy atom. The number of rotatable bonds is 4. The molecule has 1 aliphatic heterocycles. The lowest BCUT2D eigenvalue weighted by atomic mass is 10.2. The molecule has 1 amide bonds. The Morgan fingerprint density at radius 2 is 2.17 bits per heavy atom. The fourth-order valence-electron chi connectivity index (χ4n) is 1.45. The molecule has 0 bridgehead atoms. The smallest absolute Gasteiger partial charge is 0.259 e. The summed E-state index contributed by atoms with van der Waals surface area (Å²) in [6.45, 7) is 4.07. The average molecular weight is 279 g/mol. The zero-order chi connectivity index (χ0) is 13.0. The van der Waals surface area contributed by atoms with Crippen molar-refractivity contribution in [1.29, 1.82) is 0 Å². The maximum absolute atomic E-state index is 11.5. The van der Waals surface area contributed by atoms with E-state index in [0.29, 0.717) is 11.5 Å². The molecule has 1 aliphatic rings. The van der Waals surface area contributed by atoms with Gasteiger partial charge in [0.2, 0.25) is 0 Å². The molecule has 5 heteroatoms. The highest BCUT2D eigenvalue weighted by Gasteiger charge is 2.23. The van der Waals surface area contributed by atoms with Gasteiger partial charge in [-0.15, -0.1) is 12.6 Å². The molecule has 94 valence electrons. The second-order valence-corrected chi connectivity index (χ2v) is 5.63. The van der Waals surface area contributed by atoms with Crippen LogP contribution in [0.1, 0.15) is 5.56 Å². The van der Waals surface area contributed by atoms with E-state index in [0.717, 1.165) is 11.3 Å². The highest BCUT2D eigenvalue weighted by Crippen LogP contribution is 2.31. The zero-order valence-corrected chi connectivity index (χ0v) is 11.3. The van der Waals surface area contributed by atoms with Crippen LogP contribution in [0.3, 0.4) is 0 Å². The molecular formula is C13H13NO2S2. The molecule has 2 rings (SSSR count). The SMILES string of the molecule is C=CCOc1ccc(/C=C2\SC(S)NC2=O)cc1. The van der Waals surface area contributed by atoms with E-state index in [9.17, 15) is 4.79 Å². The number of thioether (sulfide) groups is 1. The molecule has 1 unspecified atom stereocenters. The molecule has 0 radical (unpaired) electrons. The summed E-state index contributed by atoms with van der Waals surface area (Å²) in [6.07, 6.45) is 3.54. The van der Waals surface area contributed by atoms with Gasteiger partial charge in [0.25, 0.3) is 5.91 Å². The summed E-state index contributed by atoms with van der Waals surface area (Å²) in [5.74, 6) is 0.708. The van der Waals surface area contributed by atoms with Crippen LogP contribution in [0.2, 0.25) is 0 Å². The van der Waals surface area contributed by atoms with Crippen molar-refractivity contribution >= 4 is 36.4 Å². The number of hydrogen-bond donors (Lipinski definition) is 2.